The first kappa shape index (κ1) is 18.8. The van der Waals surface area contributed by atoms with E-state index < -0.39 is 0 Å². The molecule has 0 saturated carbocycles. The molecule has 0 heteroatoms. The Bertz CT molecular complexity index is 687. The highest BCUT2D eigenvalue weighted by atomic mass is 14.2. The van der Waals surface area contributed by atoms with Crippen molar-refractivity contribution in [1.82, 2.24) is 0 Å². The standard InChI is InChI=1S/C24H34/c1-15(2)19-10-9-11-20(14-19)24-22(17(5)6)13-12-21(16(3)4)23(24)18(7)8/h9-18H,1-8H3. The van der Waals surface area contributed by atoms with Gasteiger partial charge in [-0.05, 0) is 57.1 Å². The zero-order valence-electron chi connectivity index (χ0n) is 16.8. The van der Waals surface area contributed by atoms with Gasteiger partial charge < -0.3 is 0 Å². The Morgan fingerprint density at radius 1 is 0.583 bits per heavy atom. The molecule has 0 bridgehead atoms. The molecule has 0 N–H and O–H groups in total. The molecule has 0 spiro atoms. The lowest BCUT2D eigenvalue weighted by Crippen LogP contribution is -2.06. The summed E-state index contributed by atoms with van der Waals surface area (Å²) in [5.41, 5.74) is 8.80. The molecule has 0 radical (unpaired) electrons. The van der Waals surface area contributed by atoms with Crippen LogP contribution in [0.1, 0.15) is 101 Å². The molecular weight excluding hydrogens is 288 g/mol. The first-order chi connectivity index (χ1) is 11.2. The van der Waals surface area contributed by atoms with E-state index in [2.05, 4.69) is 91.8 Å². The van der Waals surface area contributed by atoms with Gasteiger partial charge in [-0.15, -0.1) is 0 Å². The van der Waals surface area contributed by atoms with Gasteiger partial charge in [0.05, 0.1) is 0 Å². The van der Waals surface area contributed by atoms with E-state index in [0.29, 0.717) is 23.7 Å². The summed E-state index contributed by atoms with van der Waals surface area (Å²) in [7, 11) is 0. The van der Waals surface area contributed by atoms with Crippen LogP contribution >= 0.6 is 0 Å². The summed E-state index contributed by atoms with van der Waals surface area (Å²) in [6.07, 6.45) is 0. The summed E-state index contributed by atoms with van der Waals surface area (Å²) < 4.78 is 0. The highest BCUT2D eigenvalue weighted by Gasteiger charge is 2.20. The molecule has 0 fully saturated rings. The molecule has 0 aliphatic rings. The molecule has 0 amide bonds. The van der Waals surface area contributed by atoms with E-state index in [1.54, 1.807) is 0 Å². The van der Waals surface area contributed by atoms with Gasteiger partial charge in [0, 0.05) is 0 Å². The molecule has 0 aliphatic carbocycles. The van der Waals surface area contributed by atoms with Crippen molar-refractivity contribution in [3.63, 3.8) is 0 Å². The maximum atomic E-state index is 2.40. The van der Waals surface area contributed by atoms with Gasteiger partial charge in [-0.3, -0.25) is 0 Å². The van der Waals surface area contributed by atoms with Crippen LogP contribution in [-0.4, -0.2) is 0 Å². The molecule has 24 heavy (non-hydrogen) atoms. The Morgan fingerprint density at radius 3 is 1.67 bits per heavy atom. The molecule has 2 aromatic carbocycles. The maximum Gasteiger partial charge on any atom is -0.0112 e. The number of hydrogen-bond donors (Lipinski definition) is 0. The molecular formula is C24H34. The van der Waals surface area contributed by atoms with Crippen molar-refractivity contribution in [3.8, 4) is 11.1 Å². The first-order valence-corrected chi connectivity index (χ1v) is 9.51. The highest BCUT2D eigenvalue weighted by molar-refractivity contribution is 5.74. The van der Waals surface area contributed by atoms with E-state index in [4.69, 9.17) is 0 Å². The van der Waals surface area contributed by atoms with E-state index in [1.807, 2.05) is 0 Å². The van der Waals surface area contributed by atoms with Gasteiger partial charge in [0.15, 0.2) is 0 Å². The van der Waals surface area contributed by atoms with Crippen LogP contribution in [0.5, 0.6) is 0 Å². The van der Waals surface area contributed by atoms with Crippen molar-refractivity contribution in [2.45, 2.75) is 79.1 Å². The van der Waals surface area contributed by atoms with Crippen LogP contribution in [0.4, 0.5) is 0 Å². The average Bonchev–Trinajstić information content (AvgIpc) is 2.53. The maximum absolute atomic E-state index is 2.40. The Kier molecular flexibility index (Phi) is 5.91. The lowest BCUT2D eigenvalue weighted by molar-refractivity contribution is 0.780. The highest BCUT2D eigenvalue weighted by Crippen LogP contribution is 2.41. The third kappa shape index (κ3) is 3.74. The monoisotopic (exact) mass is 322 g/mol. The Labute approximate surface area is 149 Å². The van der Waals surface area contributed by atoms with E-state index in [-0.39, 0.29) is 0 Å². The Morgan fingerprint density at radius 2 is 1.17 bits per heavy atom. The van der Waals surface area contributed by atoms with Gasteiger partial charge in [0.1, 0.15) is 0 Å². The second-order valence-corrected chi connectivity index (χ2v) is 8.28. The SMILES string of the molecule is CC(C)c1cccc(-c2c(C(C)C)ccc(C(C)C)c2C(C)C)c1. The molecule has 0 unspecified atom stereocenters. The van der Waals surface area contributed by atoms with Crippen molar-refractivity contribution < 1.29 is 0 Å². The minimum absolute atomic E-state index is 0.527. The first-order valence-electron chi connectivity index (χ1n) is 9.51. The fourth-order valence-corrected chi connectivity index (χ4v) is 3.63. The molecule has 0 saturated heterocycles. The lowest BCUT2D eigenvalue weighted by atomic mass is 9.79. The number of benzene rings is 2. The quantitative estimate of drug-likeness (QED) is 0.525. The van der Waals surface area contributed by atoms with Crippen LogP contribution < -0.4 is 0 Å². The summed E-state index contributed by atoms with van der Waals surface area (Å²) in [5, 5.41) is 0. The topological polar surface area (TPSA) is 0 Å². The third-order valence-corrected chi connectivity index (χ3v) is 4.97. The van der Waals surface area contributed by atoms with Crippen molar-refractivity contribution >= 4 is 0 Å². The van der Waals surface area contributed by atoms with Crippen LogP contribution in [-0.2, 0) is 0 Å². The number of rotatable bonds is 5. The summed E-state index contributed by atoms with van der Waals surface area (Å²) in [6, 6.07) is 13.9. The smallest absolute Gasteiger partial charge is 0.0112 e. The van der Waals surface area contributed by atoms with Crippen molar-refractivity contribution in [2.24, 2.45) is 0 Å². The predicted octanol–water partition coefficient (Wildman–Crippen LogP) is 7.85. The summed E-state index contributed by atoms with van der Waals surface area (Å²) in [6.45, 7) is 18.5. The molecule has 2 aromatic rings. The van der Waals surface area contributed by atoms with E-state index in [1.165, 1.54) is 33.4 Å². The van der Waals surface area contributed by atoms with Crippen molar-refractivity contribution in [1.29, 1.82) is 0 Å². The molecule has 0 heterocycles. The van der Waals surface area contributed by atoms with Gasteiger partial charge in [-0.25, -0.2) is 0 Å². The van der Waals surface area contributed by atoms with Gasteiger partial charge in [0.2, 0.25) is 0 Å². The van der Waals surface area contributed by atoms with E-state index >= 15 is 0 Å². The summed E-state index contributed by atoms with van der Waals surface area (Å²) >= 11 is 0. The Hall–Kier alpha value is -1.56. The third-order valence-electron chi connectivity index (χ3n) is 4.97. The van der Waals surface area contributed by atoms with Gasteiger partial charge in [-0.2, -0.15) is 0 Å². The van der Waals surface area contributed by atoms with Crippen LogP contribution in [0.15, 0.2) is 36.4 Å². The molecule has 2 rings (SSSR count). The van der Waals surface area contributed by atoms with Gasteiger partial charge in [0.25, 0.3) is 0 Å². The minimum atomic E-state index is 0.527. The molecule has 0 atom stereocenters. The van der Waals surface area contributed by atoms with Crippen LogP contribution in [0.3, 0.4) is 0 Å². The van der Waals surface area contributed by atoms with Crippen molar-refractivity contribution in [3.05, 3.63) is 58.7 Å². The second-order valence-electron chi connectivity index (χ2n) is 8.28. The average molecular weight is 323 g/mol. The normalized spacial score (nSPS) is 12.0. The number of hydrogen-bond acceptors (Lipinski definition) is 0. The van der Waals surface area contributed by atoms with Gasteiger partial charge >= 0.3 is 0 Å². The Balaban J connectivity index is 2.83. The molecule has 130 valence electrons. The lowest BCUT2D eigenvalue weighted by Gasteiger charge is -2.25. The zero-order valence-corrected chi connectivity index (χ0v) is 16.8. The van der Waals surface area contributed by atoms with Crippen LogP contribution in [0, 0.1) is 0 Å². The van der Waals surface area contributed by atoms with E-state index in [9.17, 15) is 0 Å². The van der Waals surface area contributed by atoms with Crippen LogP contribution in [0.25, 0.3) is 11.1 Å². The van der Waals surface area contributed by atoms with Crippen LogP contribution in [0.2, 0.25) is 0 Å². The summed E-state index contributed by atoms with van der Waals surface area (Å²) in [5.74, 6) is 2.17. The minimum Gasteiger partial charge on any atom is -0.0614 e. The van der Waals surface area contributed by atoms with Gasteiger partial charge in [-0.1, -0.05) is 91.8 Å². The zero-order chi connectivity index (χ0) is 18.0. The molecule has 0 nitrogen and oxygen atoms in total. The largest absolute Gasteiger partial charge is 0.0614 e. The van der Waals surface area contributed by atoms with Crippen molar-refractivity contribution in [2.75, 3.05) is 0 Å². The van der Waals surface area contributed by atoms with E-state index in [0.717, 1.165) is 0 Å². The summed E-state index contributed by atoms with van der Waals surface area (Å²) in [4.78, 5) is 0. The second kappa shape index (κ2) is 7.55. The molecule has 0 aromatic heterocycles. The molecule has 0 aliphatic heterocycles. The predicted molar refractivity (Wildman–Crippen MR) is 108 cm³/mol. The fourth-order valence-electron chi connectivity index (χ4n) is 3.63. The fraction of sp³-hybridized carbons (Fsp3) is 0.500.